The van der Waals surface area contributed by atoms with Gasteiger partial charge in [-0.05, 0) is 91.7 Å². The van der Waals surface area contributed by atoms with Crippen LogP contribution in [0, 0.1) is 11.7 Å². The Morgan fingerprint density at radius 3 is 2.40 bits per heavy atom. The van der Waals surface area contributed by atoms with Gasteiger partial charge >= 0.3 is 0 Å². The number of para-hydroxylation sites is 1. The second kappa shape index (κ2) is 12.1. The first kappa shape index (κ1) is 28.3. The van der Waals surface area contributed by atoms with Crippen LogP contribution in [0.1, 0.15) is 83.3 Å². The third-order valence-corrected chi connectivity index (χ3v) is 9.00. The zero-order chi connectivity index (χ0) is 28.4. The molecule has 3 nitrogen and oxygen atoms in total. The maximum absolute atomic E-state index is 15.0. The van der Waals surface area contributed by atoms with Gasteiger partial charge in [0.25, 0.3) is 0 Å². The molecule has 0 saturated carbocycles. The predicted molar refractivity (Wildman–Crippen MR) is 164 cm³/mol. The first-order chi connectivity index (χ1) is 19.3. The molecule has 3 aromatic carbocycles. The monoisotopic (exact) mass is 539 g/mol. The van der Waals surface area contributed by atoms with Gasteiger partial charge in [0.1, 0.15) is 11.6 Å². The van der Waals surface area contributed by atoms with Crippen molar-refractivity contribution < 1.29 is 13.9 Å². The minimum atomic E-state index is -0.165. The molecule has 0 aliphatic carbocycles. The fraction of sp³-hybridized carbons (Fsp3) is 0.417. The van der Waals surface area contributed by atoms with Gasteiger partial charge in [-0.2, -0.15) is 0 Å². The Hall–Kier alpha value is -3.24. The summed E-state index contributed by atoms with van der Waals surface area (Å²) in [6, 6.07) is 20.5. The topological polar surface area (TPSA) is 31.4 Å². The summed E-state index contributed by atoms with van der Waals surface area (Å²) in [4.78, 5) is 4.89. The van der Waals surface area contributed by atoms with Crippen LogP contribution in [0.2, 0.25) is 0 Å². The molecule has 2 heterocycles. The Labute approximate surface area is 238 Å². The van der Waals surface area contributed by atoms with Crippen LogP contribution in [0.3, 0.4) is 0 Å². The van der Waals surface area contributed by atoms with Crippen molar-refractivity contribution in [3.05, 3.63) is 83.8 Å². The smallest absolute Gasteiger partial charge is 0.137 e. The molecule has 1 fully saturated rings. The molecule has 0 amide bonds. The number of aromatic nitrogens is 1. The second-order valence-electron chi connectivity index (χ2n) is 11.7. The quantitative estimate of drug-likeness (QED) is 0.234. The van der Waals surface area contributed by atoms with E-state index in [4.69, 9.17) is 14.5 Å². The van der Waals surface area contributed by atoms with E-state index in [-0.39, 0.29) is 11.7 Å². The average molecular weight is 540 g/mol. The molecule has 1 saturated heterocycles. The molecule has 1 aliphatic heterocycles. The summed E-state index contributed by atoms with van der Waals surface area (Å²) in [7, 11) is 1.71. The van der Waals surface area contributed by atoms with E-state index in [0.717, 1.165) is 63.7 Å². The van der Waals surface area contributed by atoms with Crippen LogP contribution in [0.4, 0.5) is 4.39 Å². The lowest BCUT2D eigenvalue weighted by Crippen LogP contribution is -2.16. The minimum Gasteiger partial charge on any atom is -0.495 e. The van der Waals surface area contributed by atoms with E-state index in [9.17, 15) is 0 Å². The van der Waals surface area contributed by atoms with E-state index >= 15 is 4.39 Å². The zero-order valence-corrected chi connectivity index (χ0v) is 24.7. The number of ether oxygens (including phenoxy) is 2. The van der Waals surface area contributed by atoms with Gasteiger partial charge in [0, 0.05) is 22.7 Å². The molecule has 0 spiro atoms. The van der Waals surface area contributed by atoms with Crippen LogP contribution in [0.5, 0.6) is 5.75 Å². The van der Waals surface area contributed by atoms with Crippen molar-refractivity contribution in [1.82, 2.24) is 4.98 Å². The number of benzene rings is 3. The van der Waals surface area contributed by atoms with Crippen molar-refractivity contribution in [2.24, 2.45) is 5.92 Å². The Bertz CT molecular complexity index is 1460. The highest BCUT2D eigenvalue weighted by Gasteiger charge is 2.26. The van der Waals surface area contributed by atoms with E-state index in [0.29, 0.717) is 24.0 Å². The van der Waals surface area contributed by atoms with Crippen LogP contribution in [-0.4, -0.2) is 24.3 Å². The van der Waals surface area contributed by atoms with Gasteiger partial charge in [-0.3, -0.25) is 4.98 Å². The summed E-state index contributed by atoms with van der Waals surface area (Å²) in [6.07, 6.45) is 6.85. The van der Waals surface area contributed by atoms with Gasteiger partial charge < -0.3 is 9.47 Å². The Morgan fingerprint density at radius 1 is 0.950 bits per heavy atom. The molecule has 5 rings (SSSR count). The van der Waals surface area contributed by atoms with Crippen LogP contribution >= 0.6 is 0 Å². The van der Waals surface area contributed by atoms with E-state index in [2.05, 4.69) is 58.9 Å². The van der Waals surface area contributed by atoms with Crippen LogP contribution in [0.25, 0.3) is 33.2 Å². The SMILES string of the molecule is CCC(C)c1ccc(-c2cccc3c(OC)c(-c4ccc(C(C)[C@H]5CC[C@@H](C)OC(C)C5)cc4)cnc23)cc1F. The van der Waals surface area contributed by atoms with Gasteiger partial charge in [0.05, 0.1) is 24.8 Å². The number of hydrogen-bond acceptors (Lipinski definition) is 3. The van der Waals surface area contributed by atoms with Crippen molar-refractivity contribution in [2.75, 3.05) is 7.11 Å². The molecule has 1 aromatic heterocycles. The van der Waals surface area contributed by atoms with Crippen LogP contribution in [0.15, 0.2) is 66.9 Å². The average Bonchev–Trinajstić information content (AvgIpc) is 3.14. The van der Waals surface area contributed by atoms with Crippen molar-refractivity contribution in [1.29, 1.82) is 0 Å². The second-order valence-corrected chi connectivity index (χ2v) is 11.7. The standard InChI is InChI=1S/C36H42FNO2/c1-7-22(2)30-18-17-29(20-34(30)37)31-9-8-10-32-35(31)38-21-33(36(32)39-6)27-15-13-26(14-16-27)25(5)28-12-11-23(3)40-24(4)19-28/h8-10,13-18,20-25,28H,7,11-12,19H2,1-6H3/t22?,23-,24?,25?,28+/m1/s1. The van der Waals surface area contributed by atoms with Crippen molar-refractivity contribution in [3.63, 3.8) is 0 Å². The molecule has 1 aliphatic rings. The zero-order valence-electron chi connectivity index (χ0n) is 24.7. The highest BCUT2D eigenvalue weighted by Crippen LogP contribution is 2.41. The number of hydrogen-bond donors (Lipinski definition) is 0. The Kier molecular flexibility index (Phi) is 8.56. The third kappa shape index (κ3) is 5.65. The predicted octanol–water partition coefficient (Wildman–Crippen LogP) is 9.93. The largest absolute Gasteiger partial charge is 0.495 e. The van der Waals surface area contributed by atoms with Crippen molar-refractivity contribution in [3.8, 4) is 28.0 Å². The molecule has 4 aromatic rings. The van der Waals surface area contributed by atoms with Crippen LogP contribution < -0.4 is 4.74 Å². The lowest BCUT2D eigenvalue weighted by Gasteiger charge is -2.24. The first-order valence-corrected chi connectivity index (χ1v) is 14.8. The lowest BCUT2D eigenvalue weighted by atomic mass is 9.81. The van der Waals surface area contributed by atoms with Gasteiger partial charge in [0.2, 0.25) is 0 Å². The lowest BCUT2D eigenvalue weighted by molar-refractivity contribution is 0.0103. The molecule has 4 heteroatoms. The van der Waals surface area contributed by atoms with E-state index < -0.39 is 0 Å². The van der Waals surface area contributed by atoms with Gasteiger partial charge in [-0.15, -0.1) is 0 Å². The van der Waals surface area contributed by atoms with Gasteiger partial charge in [-0.1, -0.05) is 69.3 Å². The number of nitrogens with zero attached hydrogens (tertiary/aromatic N) is 1. The first-order valence-electron chi connectivity index (χ1n) is 14.8. The molecule has 5 atom stereocenters. The van der Waals surface area contributed by atoms with Gasteiger partial charge in [-0.25, -0.2) is 4.39 Å². The number of halogens is 1. The highest BCUT2D eigenvalue weighted by molar-refractivity contribution is 6.00. The molecule has 0 N–H and O–H groups in total. The molecule has 3 unspecified atom stereocenters. The fourth-order valence-electron chi connectivity index (χ4n) is 6.38. The van der Waals surface area contributed by atoms with Crippen LogP contribution in [-0.2, 0) is 4.74 Å². The summed E-state index contributed by atoms with van der Waals surface area (Å²) < 4.78 is 27.1. The molecular formula is C36H42FNO2. The molecule has 210 valence electrons. The number of fused-ring (bicyclic) bond motifs is 1. The van der Waals surface area contributed by atoms with Crippen molar-refractivity contribution in [2.45, 2.75) is 84.3 Å². The van der Waals surface area contributed by atoms with E-state index in [1.165, 1.54) is 12.0 Å². The van der Waals surface area contributed by atoms with E-state index in [1.54, 1.807) is 13.2 Å². The Balaban J connectivity index is 1.46. The summed E-state index contributed by atoms with van der Waals surface area (Å²) in [6.45, 7) is 10.9. The number of rotatable bonds is 7. The summed E-state index contributed by atoms with van der Waals surface area (Å²) in [5.74, 6) is 1.89. The number of pyridine rings is 1. The summed E-state index contributed by atoms with van der Waals surface area (Å²) in [5, 5.41) is 0.919. The molecule has 40 heavy (non-hydrogen) atoms. The highest BCUT2D eigenvalue weighted by atomic mass is 19.1. The maximum Gasteiger partial charge on any atom is 0.137 e. The van der Waals surface area contributed by atoms with Crippen molar-refractivity contribution >= 4 is 10.9 Å². The minimum absolute atomic E-state index is 0.165. The third-order valence-electron chi connectivity index (χ3n) is 9.00. The molecule has 0 radical (unpaired) electrons. The molecule has 0 bridgehead atoms. The van der Waals surface area contributed by atoms with E-state index in [1.807, 2.05) is 36.5 Å². The number of methoxy groups -OCH3 is 1. The normalized spacial score (nSPS) is 21.1. The molecular weight excluding hydrogens is 497 g/mol. The van der Waals surface area contributed by atoms with Gasteiger partial charge in [0.15, 0.2) is 0 Å². The Morgan fingerprint density at radius 2 is 1.70 bits per heavy atom. The summed E-state index contributed by atoms with van der Waals surface area (Å²) in [5.41, 5.74) is 6.67. The summed E-state index contributed by atoms with van der Waals surface area (Å²) >= 11 is 0. The maximum atomic E-state index is 15.0. The fourth-order valence-corrected chi connectivity index (χ4v) is 6.38.